The maximum Gasteiger partial charge on any atom is 0.269 e. The van der Waals surface area contributed by atoms with Crippen molar-refractivity contribution in [3.8, 4) is 5.75 Å². The van der Waals surface area contributed by atoms with Gasteiger partial charge in [0.05, 0.1) is 30.9 Å². The number of methoxy groups -OCH3 is 1. The number of rotatable bonds is 3. The summed E-state index contributed by atoms with van der Waals surface area (Å²) in [7, 11) is 1.64. The molecule has 2 aromatic carbocycles. The maximum absolute atomic E-state index is 12.1. The molecule has 0 aliphatic carbocycles. The van der Waals surface area contributed by atoms with Crippen molar-refractivity contribution in [2.45, 2.75) is 13.5 Å². The van der Waals surface area contributed by atoms with E-state index in [1.54, 1.807) is 11.7 Å². The van der Waals surface area contributed by atoms with E-state index < -0.39 is 0 Å². The Morgan fingerprint density at radius 3 is 2.62 bits per heavy atom. The van der Waals surface area contributed by atoms with Gasteiger partial charge in [-0.1, -0.05) is 18.2 Å². The third-order valence-electron chi connectivity index (χ3n) is 3.50. The van der Waals surface area contributed by atoms with E-state index in [1.165, 1.54) is 6.20 Å². The number of hydrogen-bond donors (Lipinski definition) is 0. The van der Waals surface area contributed by atoms with Gasteiger partial charge in [-0.2, -0.15) is 0 Å². The number of aryl methyl sites for hydroxylation is 1. The largest absolute Gasteiger partial charge is 0.497 e. The predicted molar refractivity (Wildman–Crippen MR) is 82.8 cm³/mol. The van der Waals surface area contributed by atoms with E-state index in [-0.39, 0.29) is 5.56 Å². The second-order valence-electron chi connectivity index (χ2n) is 5.02. The lowest BCUT2D eigenvalue weighted by Gasteiger charge is -2.10. The first-order valence-electron chi connectivity index (χ1n) is 6.76. The highest BCUT2D eigenvalue weighted by atomic mass is 16.5. The van der Waals surface area contributed by atoms with Crippen LogP contribution in [0.25, 0.3) is 11.0 Å². The van der Waals surface area contributed by atoms with Crippen LogP contribution >= 0.6 is 0 Å². The van der Waals surface area contributed by atoms with Crippen molar-refractivity contribution in [2.75, 3.05) is 7.11 Å². The molecule has 4 heteroatoms. The Bertz CT molecular complexity index is 836. The van der Waals surface area contributed by atoms with Crippen molar-refractivity contribution in [1.82, 2.24) is 9.55 Å². The summed E-state index contributed by atoms with van der Waals surface area (Å²) in [5.41, 5.74) is 3.77. The average molecular weight is 280 g/mol. The van der Waals surface area contributed by atoms with Crippen molar-refractivity contribution in [3.63, 3.8) is 0 Å². The number of benzene rings is 2. The van der Waals surface area contributed by atoms with E-state index >= 15 is 0 Å². The van der Waals surface area contributed by atoms with Crippen LogP contribution in [0.4, 0.5) is 0 Å². The Balaban J connectivity index is 2.06. The van der Waals surface area contributed by atoms with Gasteiger partial charge in [-0.05, 0) is 42.3 Å². The van der Waals surface area contributed by atoms with Crippen molar-refractivity contribution < 1.29 is 4.74 Å². The highest BCUT2D eigenvalue weighted by Crippen LogP contribution is 2.15. The normalized spacial score (nSPS) is 10.8. The van der Waals surface area contributed by atoms with Crippen molar-refractivity contribution in [1.29, 1.82) is 0 Å². The van der Waals surface area contributed by atoms with Crippen molar-refractivity contribution in [3.05, 3.63) is 70.1 Å². The Morgan fingerprint density at radius 2 is 1.90 bits per heavy atom. The van der Waals surface area contributed by atoms with Crippen molar-refractivity contribution >= 4 is 11.0 Å². The third kappa shape index (κ3) is 2.65. The molecule has 1 aromatic heterocycles. The fourth-order valence-corrected chi connectivity index (χ4v) is 2.35. The van der Waals surface area contributed by atoms with Crippen LogP contribution in [0.3, 0.4) is 0 Å². The summed E-state index contributed by atoms with van der Waals surface area (Å²) in [5, 5.41) is 0. The second kappa shape index (κ2) is 5.40. The first-order valence-corrected chi connectivity index (χ1v) is 6.76. The molecule has 0 spiro atoms. The lowest BCUT2D eigenvalue weighted by atomic mass is 10.2. The standard InChI is InChI=1S/C17H16N2O2/c1-12-3-8-16-15(9-12)18-10-17(20)19(16)11-13-4-6-14(21-2)7-5-13/h3-10H,11H2,1-2H3. The van der Waals surface area contributed by atoms with E-state index in [0.717, 1.165) is 27.9 Å². The summed E-state index contributed by atoms with van der Waals surface area (Å²) >= 11 is 0. The minimum Gasteiger partial charge on any atom is -0.497 e. The smallest absolute Gasteiger partial charge is 0.269 e. The van der Waals surface area contributed by atoms with Crippen LogP contribution in [-0.2, 0) is 6.54 Å². The fraction of sp³-hybridized carbons (Fsp3) is 0.176. The van der Waals surface area contributed by atoms with Gasteiger partial charge in [0, 0.05) is 0 Å². The first-order chi connectivity index (χ1) is 10.2. The molecular formula is C17H16N2O2. The molecule has 3 aromatic rings. The molecule has 0 saturated heterocycles. The van der Waals surface area contributed by atoms with E-state index in [2.05, 4.69) is 4.98 Å². The van der Waals surface area contributed by atoms with Crippen LogP contribution in [0.5, 0.6) is 5.75 Å². The number of hydrogen-bond acceptors (Lipinski definition) is 3. The summed E-state index contributed by atoms with van der Waals surface area (Å²) in [6.07, 6.45) is 1.38. The molecule has 4 nitrogen and oxygen atoms in total. The van der Waals surface area contributed by atoms with Gasteiger partial charge >= 0.3 is 0 Å². The molecule has 0 unspecified atom stereocenters. The summed E-state index contributed by atoms with van der Waals surface area (Å²) in [5.74, 6) is 0.807. The van der Waals surface area contributed by atoms with Gasteiger partial charge in [0.2, 0.25) is 0 Å². The van der Waals surface area contributed by atoms with Gasteiger partial charge in [-0.3, -0.25) is 4.79 Å². The molecule has 0 bridgehead atoms. The van der Waals surface area contributed by atoms with Crippen LogP contribution in [0.2, 0.25) is 0 Å². The molecule has 0 atom stereocenters. The van der Waals surface area contributed by atoms with Gasteiger partial charge in [-0.15, -0.1) is 0 Å². The molecule has 1 heterocycles. The zero-order valence-electron chi connectivity index (χ0n) is 12.0. The van der Waals surface area contributed by atoms with Gasteiger partial charge < -0.3 is 9.30 Å². The molecule has 3 rings (SSSR count). The van der Waals surface area contributed by atoms with E-state index in [0.29, 0.717) is 6.54 Å². The van der Waals surface area contributed by atoms with E-state index in [1.807, 2.05) is 49.4 Å². The summed E-state index contributed by atoms with van der Waals surface area (Å²) in [6, 6.07) is 13.6. The van der Waals surface area contributed by atoms with Crippen LogP contribution in [0.15, 0.2) is 53.5 Å². The molecule has 0 fully saturated rings. The molecular weight excluding hydrogens is 264 g/mol. The number of ether oxygens (including phenoxy) is 1. The highest BCUT2D eigenvalue weighted by molar-refractivity contribution is 5.75. The molecule has 0 saturated carbocycles. The Hall–Kier alpha value is -2.62. The number of nitrogens with zero attached hydrogens (tertiary/aromatic N) is 2. The molecule has 106 valence electrons. The fourth-order valence-electron chi connectivity index (χ4n) is 2.35. The van der Waals surface area contributed by atoms with Crippen LogP contribution in [0.1, 0.15) is 11.1 Å². The van der Waals surface area contributed by atoms with Gasteiger partial charge in [0.25, 0.3) is 5.56 Å². The summed E-state index contributed by atoms with van der Waals surface area (Å²) in [4.78, 5) is 16.3. The minimum atomic E-state index is -0.0952. The SMILES string of the molecule is COc1ccc(Cn2c(=O)cnc3cc(C)ccc32)cc1. The zero-order valence-corrected chi connectivity index (χ0v) is 12.0. The first kappa shape index (κ1) is 13.4. The minimum absolute atomic E-state index is 0.0952. The van der Waals surface area contributed by atoms with Crippen LogP contribution in [0, 0.1) is 6.92 Å². The topological polar surface area (TPSA) is 44.1 Å². The molecule has 21 heavy (non-hydrogen) atoms. The molecule has 0 radical (unpaired) electrons. The van der Waals surface area contributed by atoms with Crippen molar-refractivity contribution in [2.24, 2.45) is 0 Å². The molecule has 0 aliphatic rings. The van der Waals surface area contributed by atoms with Gasteiger partial charge in [-0.25, -0.2) is 4.98 Å². The second-order valence-corrected chi connectivity index (χ2v) is 5.02. The van der Waals surface area contributed by atoms with Gasteiger partial charge in [0.1, 0.15) is 5.75 Å². The Labute approximate surface area is 122 Å². The predicted octanol–water partition coefficient (Wildman–Crippen LogP) is 2.76. The lowest BCUT2D eigenvalue weighted by molar-refractivity contribution is 0.414. The highest BCUT2D eigenvalue weighted by Gasteiger charge is 2.05. The van der Waals surface area contributed by atoms with Gasteiger partial charge in [0.15, 0.2) is 0 Å². The lowest BCUT2D eigenvalue weighted by Crippen LogP contribution is -2.21. The summed E-state index contributed by atoms with van der Waals surface area (Å²) < 4.78 is 6.89. The van der Waals surface area contributed by atoms with Crippen LogP contribution < -0.4 is 10.3 Å². The average Bonchev–Trinajstić information content (AvgIpc) is 2.51. The Kier molecular flexibility index (Phi) is 3.44. The monoisotopic (exact) mass is 280 g/mol. The van der Waals surface area contributed by atoms with E-state index in [4.69, 9.17) is 4.74 Å². The van der Waals surface area contributed by atoms with E-state index in [9.17, 15) is 4.79 Å². The number of aromatic nitrogens is 2. The molecule has 0 N–H and O–H groups in total. The zero-order chi connectivity index (χ0) is 14.8. The summed E-state index contributed by atoms with van der Waals surface area (Å²) in [6.45, 7) is 2.53. The third-order valence-corrected chi connectivity index (χ3v) is 3.50. The Morgan fingerprint density at radius 1 is 1.14 bits per heavy atom. The number of fused-ring (bicyclic) bond motifs is 1. The molecule has 0 amide bonds. The van der Waals surface area contributed by atoms with Crippen LogP contribution in [-0.4, -0.2) is 16.7 Å². The maximum atomic E-state index is 12.1. The quantitative estimate of drug-likeness (QED) is 0.741. The molecule has 0 aliphatic heterocycles.